The minimum Gasteiger partial charge on any atom is -0.396 e. The van der Waals surface area contributed by atoms with Gasteiger partial charge in [-0.2, -0.15) is 0 Å². The van der Waals surface area contributed by atoms with E-state index in [1.807, 2.05) is 11.9 Å². The normalized spacial score (nSPS) is 15.8. The number of halogens is 1. The Balaban J connectivity index is 2.15. The Labute approximate surface area is 124 Å². The average Bonchev–Trinajstić information content (AvgIpc) is 3.17. The number of anilines is 1. The Morgan fingerprint density at radius 1 is 1.45 bits per heavy atom. The summed E-state index contributed by atoms with van der Waals surface area (Å²) in [6.07, 6.45) is 3.60. The van der Waals surface area contributed by atoms with Crippen LogP contribution in [0.1, 0.15) is 23.2 Å². The van der Waals surface area contributed by atoms with Gasteiger partial charge >= 0.3 is 0 Å². The van der Waals surface area contributed by atoms with Gasteiger partial charge in [-0.05, 0) is 18.9 Å². The molecule has 0 bridgehead atoms. The van der Waals surface area contributed by atoms with Crippen LogP contribution in [0.2, 0.25) is 5.02 Å². The molecule has 1 N–H and O–H groups in total. The van der Waals surface area contributed by atoms with Crippen molar-refractivity contribution in [1.29, 1.82) is 0 Å². The highest BCUT2D eigenvalue weighted by Gasteiger charge is 2.43. The second-order valence-corrected chi connectivity index (χ2v) is 6.15. The van der Waals surface area contributed by atoms with Crippen LogP contribution in [0, 0.1) is 5.41 Å². The Bertz CT molecular complexity index is 515. The first-order chi connectivity index (χ1) is 9.38. The number of aliphatic hydroxyl groups is 1. The SMILES string of the molecule is CN(C)C(=O)c1cnc(N(C)CC2(CO)CC2)c(Cl)c1. The van der Waals surface area contributed by atoms with E-state index in [0.717, 1.165) is 19.4 Å². The lowest BCUT2D eigenvalue weighted by Gasteiger charge is -2.24. The van der Waals surface area contributed by atoms with Gasteiger partial charge in [-0.15, -0.1) is 0 Å². The summed E-state index contributed by atoms with van der Waals surface area (Å²) in [5.41, 5.74) is 0.471. The van der Waals surface area contributed by atoms with Gasteiger partial charge in [0.1, 0.15) is 5.82 Å². The Kier molecular flexibility index (Phi) is 4.20. The van der Waals surface area contributed by atoms with Crippen molar-refractivity contribution in [3.8, 4) is 0 Å². The van der Waals surface area contributed by atoms with E-state index < -0.39 is 0 Å². The fraction of sp³-hybridized carbons (Fsp3) is 0.571. The highest BCUT2D eigenvalue weighted by atomic mass is 35.5. The maximum Gasteiger partial charge on any atom is 0.254 e. The third-order valence-corrected chi connectivity index (χ3v) is 3.98. The Morgan fingerprint density at radius 2 is 2.10 bits per heavy atom. The highest BCUT2D eigenvalue weighted by molar-refractivity contribution is 6.33. The van der Waals surface area contributed by atoms with Crippen molar-refractivity contribution >= 4 is 23.3 Å². The number of carbonyl (C=O) groups is 1. The van der Waals surface area contributed by atoms with Crippen molar-refractivity contribution in [3.63, 3.8) is 0 Å². The van der Waals surface area contributed by atoms with Crippen molar-refractivity contribution in [1.82, 2.24) is 9.88 Å². The van der Waals surface area contributed by atoms with Gasteiger partial charge in [0.25, 0.3) is 5.91 Å². The van der Waals surface area contributed by atoms with Gasteiger partial charge in [0.2, 0.25) is 0 Å². The lowest BCUT2D eigenvalue weighted by atomic mass is 10.1. The van der Waals surface area contributed by atoms with Crippen molar-refractivity contribution in [2.45, 2.75) is 12.8 Å². The van der Waals surface area contributed by atoms with Crippen LogP contribution in [0.15, 0.2) is 12.3 Å². The van der Waals surface area contributed by atoms with Gasteiger partial charge in [-0.3, -0.25) is 4.79 Å². The molecule has 20 heavy (non-hydrogen) atoms. The number of aromatic nitrogens is 1. The van der Waals surface area contributed by atoms with Crippen LogP contribution in [-0.4, -0.2) is 55.2 Å². The molecule has 1 amide bonds. The molecule has 1 fully saturated rings. The van der Waals surface area contributed by atoms with Crippen LogP contribution in [0.3, 0.4) is 0 Å². The zero-order chi connectivity index (χ0) is 14.9. The van der Waals surface area contributed by atoms with Gasteiger partial charge in [-0.25, -0.2) is 4.98 Å². The van der Waals surface area contributed by atoms with Gasteiger partial charge in [0.15, 0.2) is 0 Å². The molecule has 0 aliphatic heterocycles. The number of nitrogens with zero attached hydrogens (tertiary/aromatic N) is 3. The van der Waals surface area contributed by atoms with E-state index in [-0.39, 0.29) is 17.9 Å². The highest BCUT2D eigenvalue weighted by Crippen LogP contribution is 2.46. The summed E-state index contributed by atoms with van der Waals surface area (Å²) in [5.74, 6) is 0.518. The molecule has 1 saturated carbocycles. The van der Waals surface area contributed by atoms with Gasteiger partial charge in [-0.1, -0.05) is 11.6 Å². The van der Waals surface area contributed by atoms with E-state index in [1.54, 1.807) is 26.4 Å². The molecule has 1 aliphatic rings. The molecular formula is C14H20ClN3O2. The fourth-order valence-electron chi connectivity index (χ4n) is 2.21. The lowest BCUT2D eigenvalue weighted by Crippen LogP contribution is -2.29. The molecule has 5 nitrogen and oxygen atoms in total. The number of carbonyl (C=O) groups excluding carboxylic acids is 1. The first-order valence-electron chi connectivity index (χ1n) is 6.58. The van der Waals surface area contributed by atoms with Gasteiger partial charge in [0.05, 0.1) is 17.2 Å². The largest absolute Gasteiger partial charge is 0.396 e. The maximum absolute atomic E-state index is 11.8. The molecule has 0 saturated heterocycles. The van der Waals surface area contributed by atoms with E-state index >= 15 is 0 Å². The lowest BCUT2D eigenvalue weighted by molar-refractivity contribution is 0.0827. The van der Waals surface area contributed by atoms with Crippen molar-refractivity contribution in [2.75, 3.05) is 39.2 Å². The summed E-state index contributed by atoms with van der Waals surface area (Å²) in [4.78, 5) is 19.6. The number of hydrogen-bond donors (Lipinski definition) is 1. The van der Waals surface area contributed by atoms with Gasteiger partial charge < -0.3 is 14.9 Å². The van der Waals surface area contributed by atoms with Gasteiger partial charge in [0, 0.05) is 39.3 Å². The van der Waals surface area contributed by atoms with Crippen LogP contribution >= 0.6 is 11.6 Å². The van der Waals surface area contributed by atoms with Crippen LogP contribution in [0.25, 0.3) is 0 Å². The minimum absolute atomic E-state index is 0.00210. The molecular weight excluding hydrogens is 278 g/mol. The monoisotopic (exact) mass is 297 g/mol. The zero-order valence-electron chi connectivity index (χ0n) is 12.1. The summed E-state index contributed by atoms with van der Waals surface area (Å²) < 4.78 is 0. The van der Waals surface area contributed by atoms with Crippen molar-refractivity contribution in [2.24, 2.45) is 5.41 Å². The summed E-state index contributed by atoms with van der Waals surface area (Å²) in [7, 11) is 5.28. The summed E-state index contributed by atoms with van der Waals surface area (Å²) in [5, 5.41) is 9.82. The summed E-state index contributed by atoms with van der Waals surface area (Å²) in [6.45, 7) is 0.906. The number of aliphatic hydroxyl groups excluding tert-OH is 1. The summed E-state index contributed by atoms with van der Waals surface area (Å²) in [6, 6.07) is 1.64. The van der Waals surface area contributed by atoms with E-state index in [4.69, 9.17) is 11.6 Å². The molecule has 1 aromatic rings. The number of amides is 1. The number of rotatable bonds is 5. The average molecular weight is 298 g/mol. The van der Waals surface area contributed by atoms with E-state index in [1.165, 1.54) is 4.90 Å². The fourth-order valence-corrected chi connectivity index (χ4v) is 2.52. The van der Waals surface area contributed by atoms with Crippen LogP contribution in [0.5, 0.6) is 0 Å². The van der Waals surface area contributed by atoms with E-state index in [0.29, 0.717) is 16.4 Å². The molecule has 0 spiro atoms. The van der Waals surface area contributed by atoms with Crippen LogP contribution < -0.4 is 4.90 Å². The molecule has 1 aliphatic carbocycles. The van der Waals surface area contributed by atoms with E-state index in [9.17, 15) is 9.90 Å². The zero-order valence-corrected chi connectivity index (χ0v) is 12.8. The molecule has 2 rings (SSSR count). The number of pyridine rings is 1. The quantitative estimate of drug-likeness (QED) is 0.898. The predicted octanol–water partition coefficient (Wildman–Crippen LogP) is 1.65. The minimum atomic E-state index is -0.123. The molecule has 0 unspecified atom stereocenters. The maximum atomic E-state index is 11.8. The first-order valence-corrected chi connectivity index (χ1v) is 6.95. The predicted molar refractivity (Wildman–Crippen MR) is 79.3 cm³/mol. The molecule has 1 aromatic heterocycles. The van der Waals surface area contributed by atoms with Crippen molar-refractivity contribution in [3.05, 3.63) is 22.8 Å². The summed E-state index contributed by atoms with van der Waals surface area (Å²) >= 11 is 6.23. The molecule has 110 valence electrons. The standard InChI is InChI=1S/C14H20ClN3O2/c1-17(2)13(20)10-6-11(15)12(16-7-10)18(3)8-14(9-19)4-5-14/h6-7,19H,4-5,8-9H2,1-3H3. The molecule has 0 atom stereocenters. The smallest absolute Gasteiger partial charge is 0.254 e. The molecule has 1 heterocycles. The van der Waals surface area contributed by atoms with E-state index in [2.05, 4.69) is 4.98 Å². The van der Waals surface area contributed by atoms with Crippen LogP contribution in [0.4, 0.5) is 5.82 Å². The molecule has 0 radical (unpaired) electrons. The second-order valence-electron chi connectivity index (χ2n) is 5.74. The van der Waals surface area contributed by atoms with Crippen LogP contribution in [-0.2, 0) is 0 Å². The third-order valence-electron chi connectivity index (χ3n) is 3.70. The number of hydrogen-bond acceptors (Lipinski definition) is 4. The molecule has 6 heteroatoms. The topological polar surface area (TPSA) is 56.7 Å². The molecule has 0 aromatic carbocycles. The Morgan fingerprint density at radius 3 is 2.55 bits per heavy atom. The van der Waals surface area contributed by atoms with Crippen molar-refractivity contribution < 1.29 is 9.90 Å². The first kappa shape index (κ1) is 15.1. The Hall–Kier alpha value is -1.33. The second kappa shape index (κ2) is 5.58. The third kappa shape index (κ3) is 3.04.